The van der Waals surface area contributed by atoms with E-state index in [-0.39, 0.29) is 13.0 Å². The molecular formula is C11H17N5O4. The van der Waals surface area contributed by atoms with Crippen LogP contribution >= 0.6 is 0 Å². The van der Waals surface area contributed by atoms with E-state index in [4.69, 9.17) is 5.11 Å². The maximum atomic E-state index is 12.1. The van der Waals surface area contributed by atoms with Crippen LogP contribution in [-0.4, -0.2) is 60.6 Å². The molecule has 9 heteroatoms. The summed E-state index contributed by atoms with van der Waals surface area (Å²) in [5.74, 6) is -0.562. The molecule has 2 heterocycles. The van der Waals surface area contributed by atoms with Crippen molar-refractivity contribution in [2.75, 3.05) is 6.54 Å². The number of aliphatic hydroxyl groups is 1. The first kappa shape index (κ1) is 14.3. The van der Waals surface area contributed by atoms with Crippen LogP contribution in [0.25, 0.3) is 0 Å². The molecule has 1 aliphatic rings. The van der Waals surface area contributed by atoms with Crippen molar-refractivity contribution in [1.29, 1.82) is 0 Å². The highest BCUT2D eigenvalue weighted by molar-refractivity contribution is 5.83. The lowest BCUT2D eigenvalue weighted by Gasteiger charge is -2.23. The van der Waals surface area contributed by atoms with Gasteiger partial charge in [0.2, 0.25) is 0 Å². The molecule has 0 spiro atoms. The zero-order valence-electron chi connectivity index (χ0n) is 11.2. The largest absolute Gasteiger partial charge is 0.480 e. The third kappa shape index (κ3) is 2.72. The lowest BCUT2D eigenvalue weighted by atomic mass is 10.2. The summed E-state index contributed by atoms with van der Waals surface area (Å²) < 4.78 is 1.67. The summed E-state index contributed by atoms with van der Waals surface area (Å²) in [6, 6.07) is -1.96. The number of nitrogens with zero attached hydrogens (tertiary/aromatic N) is 4. The summed E-state index contributed by atoms with van der Waals surface area (Å²) in [7, 11) is 1.75. The first-order chi connectivity index (χ1) is 9.40. The number of β-amino-alcohol motifs (C(OH)–C–C–N with tert-alkyl or cyclic N) is 1. The molecule has 1 aromatic heterocycles. The Morgan fingerprint density at radius 2 is 2.25 bits per heavy atom. The number of likely N-dealkylation sites (tertiary alicyclic amines) is 1. The first-order valence-corrected chi connectivity index (χ1v) is 6.22. The van der Waals surface area contributed by atoms with Crippen molar-refractivity contribution in [3.05, 3.63) is 12.2 Å². The van der Waals surface area contributed by atoms with Gasteiger partial charge >= 0.3 is 12.0 Å². The average Bonchev–Trinajstić information content (AvgIpc) is 2.95. The minimum absolute atomic E-state index is 0.00827. The van der Waals surface area contributed by atoms with Crippen LogP contribution in [0.4, 0.5) is 4.79 Å². The molecule has 0 aliphatic carbocycles. The second-order valence-corrected chi connectivity index (χ2v) is 4.87. The maximum Gasteiger partial charge on any atom is 0.326 e. The SMILES string of the molecule is CC(NC(=O)N1CC(O)C[C@H]1C(=O)O)c1nncn1C. The van der Waals surface area contributed by atoms with Gasteiger partial charge in [-0.15, -0.1) is 10.2 Å². The number of aliphatic hydroxyl groups excluding tert-OH is 1. The molecule has 1 saturated heterocycles. The molecule has 2 amide bonds. The Balaban J connectivity index is 2.04. The van der Waals surface area contributed by atoms with Gasteiger partial charge in [-0.1, -0.05) is 0 Å². The van der Waals surface area contributed by atoms with E-state index in [9.17, 15) is 14.7 Å². The van der Waals surface area contributed by atoms with Crippen molar-refractivity contribution in [2.24, 2.45) is 7.05 Å². The number of carboxylic acid groups (broad SMARTS) is 1. The molecule has 1 aliphatic heterocycles. The van der Waals surface area contributed by atoms with Crippen LogP contribution in [0.3, 0.4) is 0 Å². The molecule has 0 radical (unpaired) electrons. The summed E-state index contributed by atoms with van der Waals surface area (Å²) >= 11 is 0. The number of carbonyl (C=O) groups excluding carboxylic acids is 1. The van der Waals surface area contributed by atoms with E-state index in [1.807, 2.05) is 0 Å². The Bertz CT molecular complexity index is 517. The molecule has 110 valence electrons. The van der Waals surface area contributed by atoms with Gasteiger partial charge in [0.25, 0.3) is 0 Å². The van der Waals surface area contributed by atoms with Crippen molar-refractivity contribution in [2.45, 2.75) is 31.5 Å². The molecule has 0 saturated carbocycles. The fourth-order valence-electron chi connectivity index (χ4n) is 2.29. The van der Waals surface area contributed by atoms with Crippen LogP contribution in [0.15, 0.2) is 6.33 Å². The lowest BCUT2D eigenvalue weighted by molar-refractivity contribution is -0.141. The van der Waals surface area contributed by atoms with Crippen molar-refractivity contribution in [3.63, 3.8) is 0 Å². The molecule has 0 aromatic carbocycles. The van der Waals surface area contributed by atoms with E-state index < -0.39 is 30.2 Å². The standard InChI is InChI=1S/C11H17N5O4/c1-6(9-14-12-5-15(9)2)13-11(20)16-4-7(17)3-8(16)10(18)19/h5-8,17H,3-4H2,1-2H3,(H,13,20)(H,18,19)/t6?,7?,8-/m0/s1. The van der Waals surface area contributed by atoms with Crippen LogP contribution < -0.4 is 5.32 Å². The van der Waals surface area contributed by atoms with E-state index in [0.29, 0.717) is 5.82 Å². The van der Waals surface area contributed by atoms with Gasteiger partial charge in [0.15, 0.2) is 5.82 Å². The Morgan fingerprint density at radius 3 is 2.80 bits per heavy atom. The van der Waals surface area contributed by atoms with Crippen LogP contribution in [0.2, 0.25) is 0 Å². The number of carbonyl (C=O) groups is 2. The molecular weight excluding hydrogens is 266 g/mol. The molecule has 1 fully saturated rings. The van der Waals surface area contributed by atoms with Crippen molar-refractivity contribution < 1.29 is 19.8 Å². The number of hydrogen-bond donors (Lipinski definition) is 3. The topological polar surface area (TPSA) is 121 Å². The fraction of sp³-hybridized carbons (Fsp3) is 0.636. The molecule has 20 heavy (non-hydrogen) atoms. The Hall–Kier alpha value is -2.16. The zero-order valence-corrected chi connectivity index (χ0v) is 11.2. The lowest BCUT2D eigenvalue weighted by Crippen LogP contribution is -2.47. The molecule has 2 rings (SSSR count). The molecule has 9 nitrogen and oxygen atoms in total. The number of aromatic nitrogens is 3. The second-order valence-electron chi connectivity index (χ2n) is 4.87. The Morgan fingerprint density at radius 1 is 1.55 bits per heavy atom. The van der Waals surface area contributed by atoms with Crippen molar-refractivity contribution in [1.82, 2.24) is 25.0 Å². The summed E-state index contributed by atoms with van der Waals surface area (Å²) in [5.41, 5.74) is 0. The average molecular weight is 283 g/mol. The van der Waals surface area contributed by atoms with Gasteiger partial charge < -0.3 is 25.0 Å². The predicted octanol–water partition coefficient (Wildman–Crippen LogP) is -0.894. The number of carboxylic acids is 1. The number of hydrogen-bond acceptors (Lipinski definition) is 5. The number of nitrogens with one attached hydrogen (secondary N) is 1. The van der Waals surface area contributed by atoms with E-state index in [2.05, 4.69) is 15.5 Å². The zero-order chi connectivity index (χ0) is 14.9. The van der Waals surface area contributed by atoms with Gasteiger partial charge in [-0.2, -0.15) is 0 Å². The minimum atomic E-state index is -1.12. The molecule has 1 aromatic rings. The Kier molecular flexibility index (Phi) is 3.89. The summed E-state index contributed by atoms with van der Waals surface area (Å²) in [5, 5.41) is 28.8. The third-order valence-corrected chi connectivity index (χ3v) is 3.30. The molecule has 3 atom stereocenters. The van der Waals surface area contributed by atoms with Crippen molar-refractivity contribution >= 4 is 12.0 Å². The van der Waals surface area contributed by atoms with E-state index >= 15 is 0 Å². The summed E-state index contributed by atoms with van der Waals surface area (Å²) in [6.45, 7) is 1.73. The number of rotatable bonds is 3. The van der Waals surface area contributed by atoms with Crippen LogP contribution in [-0.2, 0) is 11.8 Å². The number of amides is 2. The highest BCUT2D eigenvalue weighted by Gasteiger charge is 2.39. The van der Waals surface area contributed by atoms with Crippen molar-refractivity contribution in [3.8, 4) is 0 Å². The van der Waals surface area contributed by atoms with Gasteiger partial charge in [-0.05, 0) is 6.92 Å². The van der Waals surface area contributed by atoms with Gasteiger partial charge in [0.05, 0.1) is 12.1 Å². The molecule has 2 unspecified atom stereocenters. The summed E-state index contributed by atoms with van der Waals surface area (Å²) in [6.07, 6.45) is 0.741. The van der Waals surface area contributed by atoms with Crippen LogP contribution in [0, 0.1) is 0 Å². The first-order valence-electron chi connectivity index (χ1n) is 6.22. The third-order valence-electron chi connectivity index (χ3n) is 3.30. The summed E-state index contributed by atoms with van der Waals surface area (Å²) in [4.78, 5) is 24.3. The van der Waals surface area contributed by atoms with Gasteiger partial charge in [-0.3, -0.25) is 0 Å². The maximum absolute atomic E-state index is 12.1. The predicted molar refractivity (Wildman–Crippen MR) is 66.7 cm³/mol. The van der Waals surface area contributed by atoms with Gasteiger partial charge in [-0.25, -0.2) is 9.59 Å². The van der Waals surface area contributed by atoms with Gasteiger partial charge in [0.1, 0.15) is 12.4 Å². The highest BCUT2D eigenvalue weighted by Crippen LogP contribution is 2.19. The monoisotopic (exact) mass is 283 g/mol. The van der Waals surface area contributed by atoms with Crippen LogP contribution in [0.5, 0.6) is 0 Å². The second kappa shape index (κ2) is 5.45. The number of aliphatic carboxylic acids is 1. The van der Waals surface area contributed by atoms with Gasteiger partial charge in [0, 0.05) is 20.0 Å². The number of urea groups is 1. The molecule has 3 N–H and O–H groups in total. The minimum Gasteiger partial charge on any atom is -0.480 e. The number of aryl methyl sites for hydroxylation is 1. The van der Waals surface area contributed by atoms with E-state index in [1.54, 1.807) is 18.5 Å². The highest BCUT2D eigenvalue weighted by atomic mass is 16.4. The smallest absolute Gasteiger partial charge is 0.326 e. The van der Waals surface area contributed by atoms with Crippen LogP contribution in [0.1, 0.15) is 25.2 Å². The fourth-order valence-corrected chi connectivity index (χ4v) is 2.29. The quantitative estimate of drug-likeness (QED) is 0.661. The Labute approximate surface area is 115 Å². The van der Waals surface area contributed by atoms with E-state index in [0.717, 1.165) is 4.90 Å². The molecule has 0 bridgehead atoms. The normalized spacial score (nSPS) is 23.6. The van der Waals surface area contributed by atoms with E-state index in [1.165, 1.54) is 6.33 Å².